The van der Waals surface area contributed by atoms with Crippen LogP contribution in [0, 0.1) is 5.82 Å². The number of rotatable bonds is 9. The lowest BCUT2D eigenvalue weighted by Crippen LogP contribution is -2.42. The summed E-state index contributed by atoms with van der Waals surface area (Å²) in [4.78, 5) is 44.9. The third kappa shape index (κ3) is 7.30. The molecule has 0 saturated carbocycles. The van der Waals surface area contributed by atoms with Crippen LogP contribution in [-0.4, -0.2) is 33.8 Å². The molecule has 4 aromatic rings. The van der Waals surface area contributed by atoms with Gasteiger partial charge in [0.2, 0.25) is 17.7 Å². The van der Waals surface area contributed by atoms with Gasteiger partial charge in [-0.05, 0) is 53.9 Å². The molecule has 7 nitrogen and oxygen atoms in total. The van der Waals surface area contributed by atoms with E-state index in [1.807, 2.05) is 60.7 Å². The van der Waals surface area contributed by atoms with Crippen LogP contribution in [-0.2, 0) is 27.3 Å². The van der Waals surface area contributed by atoms with Gasteiger partial charge in [0.05, 0.1) is 18.7 Å². The van der Waals surface area contributed by atoms with E-state index < -0.39 is 17.1 Å². The van der Waals surface area contributed by atoms with Gasteiger partial charge < -0.3 is 10.6 Å². The molecular weight excluding hydrogens is 551 g/mol. The van der Waals surface area contributed by atoms with Crippen LogP contribution in [0.25, 0.3) is 0 Å². The molecule has 2 N–H and O–H groups in total. The maximum atomic E-state index is 13.8. The number of hydrogen-bond acceptors (Lipinski definition) is 5. The van der Waals surface area contributed by atoms with Gasteiger partial charge in [0, 0.05) is 5.69 Å². The zero-order valence-electron chi connectivity index (χ0n) is 22.9. The SMILES string of the molecule is C[C@H](NC(=O)Cc1ccccc1)C(=O)Nc1ccc(C2SC(=Nc3cccc(F)c3)N(Cc3ccccc3)C2=O)cc1. The topological polar surface area (TPSA) is 90.9 Å². The summed E-state index contributed by atoms with van der Waals surface area (Å²) in [6.07, 6.45) is 0.187. The van der Waals surface area contributed by atoms with Crippen molar-refractivity contribution in [3.05, 3.63) is 132 Å². The van der Waals surface area contributed by atoms with Crippen molar-refractivity contribution in [3.63, 3.8) is 0 Å². The number of anilines is 1. The monoisotopic (exact) mass is 580 g/mol. The van der Waals surface area contributed by atoms with E-state index >= 15 is 0 Å². The second-order valence-electron chi connectivity index (χ2n) is 9.84. The van der Waals surface area contributed by atoms with E-state index in [4.69, 9.17) is 0 Å². The van der Waals surface area contributed by atoms with Crippen molar-refractivity contribution in [2.75, 3.05) is 5.32 Å². The van der Waals surface area contributed by atoms with Crippen molar-refractivity contribution >= 4 is 46.0 Å². The molecule has 1 fully saturated rings. The molecule has 1 aliphatic rings. The van der Waals surface area contributed by atoms with E-state index in [1.165, 1.54) is 23.9 Å². The number of amidine groups is 1. The van der Waals surface area contributed by atoms with Crippen LogP contribution >= 0.6 is 11.8 Å². The molecule has 0 radical (unpaired) electrons. The molecule has 0 spiro atoms. The smallest absolute Gasteiger partial charge is 0.246 e. The molecular formula is C33H29FN4O3S. The van der Waals surface area contributed by atoms with Crippen LogP contribution in [0.5, 0.6) is 0 Å². The van der Waals surface area contributed by atoms with Crippen molar-refractivity contribution in [3.8, 4) is 0 Å². The summed E-state index contributed by atoms with van der Waals surface area (Å²) < 4.78 is 13.8. The fraction of sp³-hybridized carbons (Fsp3) is 0.152. The van der Waals surface area contributed by atoms with E-state index in [2.05, 4.69) is 15.6 Å². The first-order valence-electron chi connectivity index (χ1n) is 13.5. The molecule has 2 atom stereocenters. The number of thioether (sulfide) groups is 1. The first kappa shape index (κ1) is 28.8. The van der Waals surface area contributed by atoms with Gasteiger partial charge in [-0.1, -0.05) is 90.6 Å². The second-order valence-corrected chi connectivity index (χ2v) is 10.9. The van der Waals surface area contributed by atoms with Gasteiger partial charge in [0.25, 0.3) is 0 Å². The zero-order valence-corrected chi connectivity index (χ0v) is 23.7. The number of benzene rings is 4. The summed E-state index contributed by atoms with van der Waals surface area (Å²) in [7, 11) is 0. The first-order valence-corrected chi connectivity index (χ1v) is 14.3. The highest BCUT2D eigenvalue weighted by atomic mass is 32.2. The molecule has 4 aromatic carbocycles. The quantitative estimate of drug-likeness (QED) is 0.254. The van der Waals surface area contributed by atoms with E-state index in [9.17, 15) is 18.8 Å². The number of hydrogen-bond donors (Lipinski definition) is 2. The third-order valence-electron chi connectivity index (χ3n) is 6.62. The van der Waals surface area contributed by atoms with Crippen LogP contribution in [0.1, 0.15) is 28.9 Å². The fourth-order valence-corrected chi connectivity index (χ4v) is 5.62. The van der Waals surface area contributed by atoms with Crippen molar-refractivity contribution in [2.45, 2.75) is 31.2 Å². The highest BCUT2D eigenvalue weighted by molar-refractivity contribution is 8.15. The number of carbonyl (C=O) groups is 3. The largest absolute Gasteiger partial charge is 0.344 e. The Balaban J connectivity index is 1.26. The van der Waals surface area contributed by atoms with Crippen LogP contribution in [0.3, 0.4) is 0 Å². The van der Waals surface area contributed by atoms with Crippen LogP contribution in [0.4, 0.5) is 15.8 Å². The average Bonchev–Trinajstić information content (AvgIpc) is 3.28. The van der Waals surface area contributed by atoms with E-state index in [1.54, 1.807) is 48.2 Å². The lowest BCUT2D eigenvalue weighted by atomic mass is 10.1. The highest BCUT2D eigenvalue weighted by Gasteiger charge is 2.39. The van der Waals surface area contributed by atoms with Crippen molar-refractivity contribution in [2.24, 2.45) is 4.99 Å². The van der Waals surface area contributed by atoms with Gasteiger partial charge >= 0.3 is 0 Å². The van der Waals surface area contributed by atoms with Gasteiger partial charge in [-0.3, -0.25) is 19.3 Å². The molecule has 9 heteroatoms. The Morgan fingerprint density at radius 2 is 1.57 bits per heavy atom. The summed E-state index contributed by atoms with van der Waals surface area (Å²) in [5.74, 6) is -1.13. The van der Waals surface area contributed by atoms with Gasteiger partial charge in [-0.2, -0.15) is 0 Å². The molecule has 1 aliphatic heterocycles. The molecule has 5 rings (SSSR count). The average molecular weight is 581 g/mol. The number of amides is 3. The Bertz CT molecular complexity index is 1600. The number of halogens is 1. The molecule has 0 aromatic heterocycles. The molecule has 42 heavy (non-hydrogen) atoms. The minimum Gasteiger partial charge on any atom is -0.344 e. The molecule has 212 valence electrons. The molecule has 0 aliphatic carbocycles. The van der Waals surface area contributed by atoms with E-state index in [0.717, 1.165) is 16.7 Å². The molecule has 1 unspecified atom stereocenters. The van der Waals surface area contributed by atoms with E-state index in [-0.39, 0.29) is 24.1 Å². The standard InChI is InChI=1S/C33H29FN4O3S/c1-22(35-29(39)19-23-9-4-2-5-10-23)31(40)36-27-17-15-25(16-18-27)30-32(41)38(21-24-11-6-3-7-12-24)33(42-30)37-28-14-8-13-26(34)20-28/h2-18,20,22,30H,19,21H2,1H3,(H,35,39)(H,36,40)/t22-,30?/m0/s1. The van der Waals surface area contributed by atoms with Gasteiger partial charge in [-0.25, -0.2) is 9.38 Å². The number of nitrogens with zero attached hydrogens (tertiary/aromatic N) is 2. The Hall–Kier alpha value is -4.76. The van der Waals surface area contributed by atoms with Crippen molar-refractivity contribution in [1.29, 1.82) is 0 Å². The number of carbonyl (C=O) groups excluding carboxylic acids is 3. The Labute approximate surface area is 247 Å². The van der Waals surface area contributed by atoms with Gasteiger partial charge in [-0.15, -0.1) is 0 Å². The van der Waals surface area contributed by atoms with Crippen molar-refractivity contribution in [1.82, 2.24) is 10.2 Å². The molecule has 0 bridgehead atoms. The van der Waals surface area contributed by atoms with E-state index in [0.29, 0.717) is 23.1 Å². The molecule has 3 amide bonds. The zero-order chi connectivity index (χ0) is 29.5. The Kier molecular flexibility index (Phi) is 9.08. The summed E-state index contributed by atoms with van der Waals surface area (Å²) in [5, 5.41) is 5.46. The summed E-state index contributed by atoms with van der Waals surface area (Å²) in [5.41, 5.74) is 3.52. The number of aliphatic imine (C=N–C) groups is 1. The predicted octanol–water partition coefficient (Wildman–Crippen LogP) is 6.02. The maximum Gasteiger partial charge on any atom is 0.246 e. The second kappa shape index (κ2) is 13.3. The van der Waals surface area contributed by atoms with Crippen LogP contribution in [0.2, 0.25) is 0 Å². The van der Waals surface area contributed by atoms with Gasteiger partial charge in [0.1, 0.15) is 17.1 Å². The third-order valence-corrected chi connectivity index (χ3v) is 7.85. The summed E-state index contributed by atoms with van der Waals surface area (Å²) in [6.45, 7) is 1.96. The Morgan fingerprint density at radius 3 is 2.24 bits per heavy atom. The van der Waals surface area contributed by atoms with Gasteiger partial charge in [0.15, 0.2) is 5.17 Å². The van der Waals surface area contributed by atoms with Crippen molar-refractivity contribution < 1.29 is 18.8 Å². The van der Waals surface area contributed by atoms with Crippen LogP contribution < -0.4 is 10.6 Å². The first-order chi connectivity index (χ1) is 20.4. The number of nitrogens with one attached hydrogen (secondary N) is 2. The lowest BCUT2D eigenvalue weighted by Gasteiger charge is -2.17. The molecule has 1 heterocycles. The normalized spacial score (nSPS) is 16.3. The Morgan fingerprint density at radius 1 is 0.905 bits per heavy atom. The lowest BCUT2D eigenvalue weighted by molar-refractivity contribution is -0.126. The summed E-state index contributed by atoms with van der Waals surface area (Å²) >= 11 is 1.30. The minimum atomic E-state index is -0.735. The maximum absolute atomic E-state index is 13.8. The minimum absolute atomic E-state index is 0.134. The summed E-state index contributed by atoms with van der Waals surface area (Å²) in [6, 6.07) is 31.2. The molecule has 1 saturated heterocycles. The predicted molar refractivity (Wildman–Crippen MR) is 164 cm³/mol. The highest BCUT2D eigenvalue weighted by Crippen LogP contribution is 2.41. The fourth-order valence-electron chi connectivity index (χ4n) is 4.45. The van der Waals surface area contributed by atoms with Crippen LogP contribution in [0.15, 0.2) is 114 Å².